The summed E-state index contributed by atoms with van der Waals surface area (Å²) in [5, 5.41) is 3.15. The average Bonchev–Trinajstić information content (AvgIpc) is 2.91. The van der Waals surface area contributed by atoms with E-state index < -0.39 is 5.54 Å². The van der Waals surface area contributed by atoms with Crippen LogP contribution in [0.1, 0.15) is 40.0 Å². The lowest BCUT2D eigenvalue weighted by atomic mass is 9.48. The predicted octanol–water partition coefficient (Wildman–Crippen LogP) is 1.04. The highest BCUT2D eigenvalue weighted by Crippen LogP contribution is 2.58. The first-order valence-corrected chi connectivity index (χ1v) is 7.14. The van der Waals surface area contributed by atoms with Gasteiger partial charge in [0.05, 0.1) is 6.10 Å². The van der Waals surface area contributed by atoms with Gasteiger partial charge in [0, 0.05) is 24.0 Å². The van der Waals surface area contributed by atoms with Crippen molar-refractivity contribution < 1.29 is 9.53 Å². The van der Waals surface area contributed by atoms with Crippen LogP contribution in [0.4, 0.5) is 0 Å². The van der Waals surface area contributed by atoms with Gasteiger partial charge in [-0.3, -0.25) is 4.79 Å². The van der Waals surface area contributed by atoms with Crippen LogP contribution in [0, 0.1) is 17.3 Å². The number of hydrogen-bond acceptors (Lipinski definition) is 3. The van der Waals surface area contributed by atoms with Gasteiger partial charge < -0.3 is 15.8 Å². The summed E-state index contributed by atoms with van der Waals surface area (Å²) < 4.78 is 5.72. The lowest BCUT2D eigenvalue weighted by Gasteiger charge is -2.60. The van der Waals surface area contributed by atoms with Crippen molar-refractivity contribution in [2.45, 2.75) is 57.7 Å². The van der Waals surface area contributed by atoms with E-state index in [4.69, 9.17) is 10.5 Å². The van der Waals surface area contributed by atoms with Gasteiger partial charge >= 0.3 is 0 Å². The van der Waals surface area contributed by atoms with Crippen molar-refractivity contribution in [3.8, 4) is 0 Å². The Hall–Kier alpha value is -0.610. The maximum Gasteiger partial charge on any atom is 0.241 e. The summed E-state index contributed by atoms with van der Waals surface area (Å²) >= 11 is 0. The zero-order valence-electron chi connectivity index (χ0n) is 11.5. The molecule has 1 saturated heterocycles. The van der Waals surface area contributed by atoms with Crippen molar-refractivity contribution in [1.29, 1.82) is 0 Å². The first kappa shape index (κ1) is 12.4. The maximum absolute atomic E-state index is 12.5. The molecule has 0 aromatic carbocycles. The molecule has 0 radical (unpaired) electrons. The highest BCUT2D eigenvalue weighted by molar-refractivity contribution is 5.90. The fraction of sp³-hybridized carbons (Fsp3) is 0.929. The van der Waals surface area contributed by atoms with Crippen LogP contribution in [0.2, 0.25) is 0 Å². The van der Waals surface area contributed by atoms with Crippen molar-refractivity contribution in [2.75, 3.05) is 6.61 Å². The van der Waals surface area contributed by atoms with Crippen LogP contribution in [0.3, 0.4) is 0 Å². The normalized spacial score (nSPS) is 48.2. The van der Waals surface area contributed by atoms with E-state index in [-0.39, 0.29) is 23.3 Å². The molecule has 1 aliphatic heterocycles. The number of nitrogens with two attached hydrogens (primary N) is 1. The molecule has 5 atom stereocenters. The number of ether oxygens (including phenoxy) is 1. The van der Waals surface area contributed by atoms with E-state index in [0.717, 1.165) is 25.9 Å². The van der Waals surface area contributed by atoms with Crippen LogP contribution in [0.15, 0.2) is 0 Å². The van der Waals surface area contributed by atoms with E-state index in [1.807, 2.05) is 0 Å². The lowest BCUT2D eigenvalue weighted by molar-refractivity contribution is -0.175. The van der Waals surface area contributed by atoms with E-state index in [2.05, 4.69) is 26.1 Å². The van der Waals surface area contributed by atoms with Crippen LogP contribution in [0.5, 0.6) is 0 Å². The minimum atomic E-state index is -0.741. The monoisotopic (exact) mass is 252 g/mol. The quantitative estimate of drug-likeness (QED) is 0.789. The number of carbonyl (C=O) groups is 1. The Morgan fingerprint density at radius 1 is 1.50 bits per heavy atom. The number of fused-ring (bicyclic) bond motifs is 1. The molecule has 102 valence electrons. The van der Waals surface area contributed by atoms with Gasteiger partial charge in [0.25, 0.3) is 0 Å². The minimum Gasteiger partial charge on any atom is -0.377 e. The van der Waals surface area contributed by atoms with Crippen molar-refractivity contribution in [3.63, 3.8) is 0 Å². The van der Waals surface area contributed by atoms with Gasteiger partial charge in [-0.05, 0) is 18.8 Å². The molecule has 4 nitrogen and oxygen atoms in total. The molecule has 1 amide bonds. The summed E-state index contributed by atoms with van der Waals surface area (Å²) in [4.78, 5) is 12.5. The molecule has 4 heteroatoms. The molecule has 3 rings (SSSR count). The molecule has 0 aromatic rings. The Balaban J connectivity index is 1.72. The van der Waals surface area contributed by atoms with Crippen molar-refractivity contribution >= 4 is 5.91 Å². The third-order valence-electron chi connectivity index (χ3n) is 5.59. The summed E-state index contributed by atoms with van der Waals surface area (Å²) in [6, 6.07) is 0.361. The van der Waals surface area contributed by atoms with Crippen molar-refractivity contribution in [1.82, 2.24) is 5.32 Å². The van der Waals surface area contributed by atoms with Crippen LogP contribution >= 0.6 is 0 Å². The van der Waals surface area contributed by atoms with Gasteiger partial charge in [0.15, 0.2) is 0 Å². The standard InChI is InChI=1S/C14H24N2O2/c1-4-8-7-10(8)16-12(17)14(15)9-5-6-18-11(9)13(14,2)3/h8-11H,4-7,15H2,1-3H3,(H,16,17). The van der Waals surface area contributed by atoms with E-state index in [0.29, 0.717) is 12.0 Å². The second kappa shape index (κ2) is 3.70. The first-order chi connectivity index (χ1) is 8.42. The van der Waals surface area contributed by atoms with Crippen molar-refractivity contribution in [3.05, 3.63) is 0 Å². The second-order valence-corrected chi connectivity index (χ2v) is 6.76. The van der Waals surface area contributed by atoms with E-state index in [1.165, 1.54) is 0 Å². The molecule has 5 unspecified atom stereocenters. The number of nitrogens with one attached hydrogen (secondary N) is 1. The number of amides is 1. The molecule has 3 aliphatic rings. The number of rotatable bonds is 3. The fourth-order valence-electron chi connectivity index (χ4n) is 4.01. The Labute approximate surface area is 109 Å². The van der Waals surface area contributed by atoms with Gasteiger partial charge in [0.2, 0.25) is 5.91 Å². The Morgan fingerprint density at radius 2 is 2.22 bits per heavy atom. The van der Waals surface area contributed by atoms with Gasteiger partial charge in [-0.25, -0.2) is 0 Å². The molecular formula is C14H24N2O2. The molecule has 2 aliphatic carbocycles. The largest absolute Gasteiger partial charge is 0.377 e. The Kier molecular flexibility index (Phi) is 2.55. The molecule has 0 aromatic heterocycles. The van der Waals surface area contributed by atoms with E-state index in [9.17, 15) is 4.79 Å². The third-order valence-corrected chi connectivity index (χ3v) is 5.59. The summed E-state index contributed by atoms with van der Waals surface area (Å²) in [5.74, 6) is 0.905. The number of carbonyl (C=O) groups excluding carboxylic acids is 1. The van der Waals surface area contributed by atoms with Gasteiger partial charge in [-0.1, -0.05) is 27.2 Å². The highest BCUT2D eigenvalue weighted by atomic mass is 16.5. The zero-order valence-corrected chi connectivity index (χ0v) is 11.5. The topological polar surface area (TPSA) is 64.4 Å². The summed E-state index contributed by atoms with van der Waals surface area (Å²) in [6.45, 7) is 7.03. The van der Waals surface area contributed by atoms with Crippen molar-refractivity contribution in [2.24, 2.45) is 23.0 Å². The average molecular weight is 252 g/mol. The molecule has 0 bridgehead atoms. The Bertz CT molecular complexity index is 382. The van der Waals surface area contributed by atoms with Gasteiger partial charge in [-0.2, -0.15) is 0 Å². The molecule has 0 spiro atoms. The molecule has 18 heavy (non-hydrogen) atoms. The highest BCUT2D eigenvalue weighted by Gasteiger charge is 2.71. The molecule has 1 heterocycles. The second-order valence-electron chi connectivity index (χ2n) is 6.76. The molecule has 2 saturated carbocycles. The lowest BCUT2D eigenvalue weighted by Crippen LogP contribution is -2.80. The zero-order chi connectivity index (χ0) is 13.1. The summed E-state index contributed by atoms with van der Waals surface area (Å²) in [6.07, 6.45) is 3.33. The van der Waals surface area contributed by atoms with Gasteiger partial charge in [-0.15, -0.1) is 0 Å². The summed E-state index contributed by atoms with van der Waals surface area (Å²) in [7, 11) is 0. The molecule has 3 N–H and O–H groups in total. The third kappa shape index (κ3) is 1.36. The predicted molar refractivity (Wildman–Crippen MR) is 68.9 cm³/mol. The number of hydrogen-bond donors (Lipinski definition) is 2. The first-order valence-electron chi connectivity index (χ1n) is 7.14. The summed E-state index contributed by atoms with van der Waals surface area (Å²) in [5.41, 5.74) is 5.48. The van der Waals surface area contributed by atoms with E-state index in [1.54, 1.807) is 0 Å². The van der Waals surface area contributed by atoms with Crippen LogP contribution in [-0.2, 0) is 9.53 Å². The van der Waals surface area contributed by atoms with Gasteiger partial charge in [0.1, 0.15) is 5.54 Å². The Morgan fingerprint density at radius 3 is 2.83 bits per heavy atom. The fourth-order valence-corrected chi connectivity index (χ4v) is 4.01. The smallest absolute Gasteiger partial charge is 0.241 e. The van der Waals surface area contributed by atoms with Crippen LogP contribution in [0.25, 0.3) is 0 Å². The molecule has 3 fully saturated rings. The molecular weight excluding hydrogens is 228 g/mol. The SMILES string of the molecule is CCC1CC1NC(=O)C1(N)C2CCOC2C1(C)C. The minimum absolute atomic E-state index is 0.0419. The van der Waals surface area contributed by atoms with E-state index >= 15 is 0 Å². The van der Waals surface area contributed by atoms with Crippen LogP contribution < -0.4 is 11.1 Å². The van der Waals surface area contributed by atoms with Crippen LogP contribution in [-0.4, -0.2) is 30.2 Å². The maximum atomic E-state index is 12.5.